The normalized spacial score (nSPS) is 13.8. The van der Waals surface area contributed by atoms with Gasteiger partial charge in [0.1, 0.15) is 0 Å². The van der Waals surface area contributed by atoms with Crippen LogP contribution in [0.2, 0.25) is 5.02 Å². The second kappa shape index (κ2) is 4.53. The number of carbonyl (C=O) groups is 1. The van der Waals surface area contributed by atoms with Crippen molar-refractivity contribution in [3.8, 4) is 0 Å². The third-order valence-corrected chi connectivity index (χ3v) is 4.01. The molecule has 5 heteroatoms. The maximum Gasteiger partial charge on any atom is 0.339 e. The minimum Gasteiger partial charge on any atom is -0.462 e. The molecule has 4 nitrogen and oxygen atoms in total. The molecular formula is C14H16ClN2O2+. The lowest BCUT2D eigenvalue weighted by molar-refractivity contribution is -0.653. The van der Waals surface area contributed by atoms with E-state index in [4.69, 9.17) is 16.3 Å². The third-order valence-electron chi connectivity index (χ3n) is 3.69. The number of hydrogen-bond acceptors (Lipinski definition) is 2. The van der Waals surface area contributed by atoms with E-state index >= 15 is 0 Å². The van der Waals surface area contributed by atoms with Crippen LogP contribution in [0.25, 0.3) is 11.0 Å². The highest BCUT2D eigenvalue weighted by Crippen LogP contribution is 2.27. The van der Waals surface area contributed by atoms with Crippen LogP contribution in [0.15, 0.2) is 12.1 Å². The van der Waals surface area contributed by atoms with Crippen LogP contribution < -0.4 is 4.57 Å². The van der Waals surface area contributed by atoms with Crippen molar-refractivity contribution < 1.29 is 14.1 Å². The van der Waals surface area contributed by atoms with Crippen LogP contribution in [0.4, 0.5) is 0 Å². The van der Waals surface area contributed by atoms with Crippen LogP contribution in [0.3, 0.4) is 0 Å². The van der Waals surface area contributed by atoms with Gasteiger partial charge in [-0.15, -0.1) is 0 Å². The van der Waals surface area contributed by atoms with Crippen LogP contribution in [0.1, 0.15) is 29.5 Å². The van der Waals surface area contributed by atoms with Crippen LogP contribution in [0, 0.1) is 0 Å². The summed E-state index contributed by atoms with van der Waals surface area (Å²) in [4.78, 5) is 11.9. The zero-order valence-corrected chi connectivity index (χ0v) is 11.8. The Kier molecular flexibility index (Phi) is 2.97. The van der Waals surface area contributed by atoms with Gasteiger partial charge in [0.05, 0.1) is 37.2 Å². The molecule has 0 radical (unpaired) electrons. The summed E-state index contributed by atoms with van der Waals surface area (Å²) in [6.07, 6.45) is 2.23. The number of hydrogen-bond donors (Lipinski definition) is 0. The number of imidazole rings is 1. The number of carbonyl (C=O) groups excluding carboxylic acids is 1. The van der Waals surface area contributed by atoms with Gasteiger partial charge in [0.25, 0.3) is 5.82 Å². The summed E-state index contributed by atoms with van der Waals surface area (Å²) < 4.78 is 9.45. The van der Waals surface area contributed by atoms with E-state index in [1.165, 1.54) is 5.82 Å². The maximum absolute atomic E-state index is 11.9. The molecule has 0 amide bonds. The van der Waals surface area contributed by atoms with Crippen molar-refractivity contribution in [2.75, 3.05) is 6.61 Å². The molecule has 3 rings (SSSR count). The van der Waals surface area contributed by atoms with E-state index in [9.17, 15) is 4.79 Å². The van der Waals surface area contributed by atoms with Crippen molar-refractivity contribution >= 4 is 28.6 Å². The van der Waals surface area contributed by atoms with E-state index in [0.29, 0.717) is 17.2 Å². The summed E-state index contributed by atoms with van der Waals surface area (Å²) >= 11 is 6.22. The summed E-state index contributed by atoms with van der Waals surface area (Å²) in [7, 11) is 2.03. The van der Waals surface area contributed by atoms with Crippen LogP contribution >= 0.6 is 11.6 Å². The Morgan fingerprint density at radius 1 is 1.53 bits per heavy atom. The van der Waals surface area contributed by atoms with Gasteiger partial charge < -0.3 is 4.74 Å². The zero-order chi connectivity index (χ0) is 13.6. The van der Waals surface area contributed by atoms with Crippen molar-refractivity contribution in [1.29, 1.82) is 0 Å². The van der Waals surface area contributed by atoms with E-state index in [2.05, 4.69) is 9.13 Å². The number of nitrogens with zero attached hydrogens (tertiary/aromatic N) is 2. The smallest absolute Gasteiger partial charge is 0.339 e. The monoisotopic (exact) mass is 279 g/mol. The van der Waals surface area contributed by atoms with Crippen molar-refractivity contribution in [2.24, 2.45) is 7.05 Å². The Morgan fingerprint density at radius 3 is 3.05 bits per heavy atom. The molecule has 0 aliphatic carbocycles. The van der Waals surface area contributed by atoms with E-state index < -0.39 is 0 Å². The van der Waals surface area contributed by atoms with Crippen molar-refractivity contribution in [2.45, 2.75) is 26.3 Å². The first-order valence-electron chi connectivity index (χ1n) is 6.51. The molecule has 19 heavy (non-hydrogen) atoms. The number of rotatable bonds is 2. The molecule has 1 aliphatic rings. The number of benzene rings is 1. The lowest BCUT2D eigenvalue weighted by atomic mass is 10.2. The van der Waals surface area contributed by atoms with Crippen LogP contribution in [0.5, 0.6) is 0 Å². The lowest BCUT2D eigenvalue weighted by Crippen LogP contribution is -2.31. The molecule has 100 valence electrons. The Bertz CT molecular complexity index is 676. The van der Waals surface area contributed by atoms with Gasteiger partial charge in [-0.1, -0.05) is 11.6 Å². The van der Waals surface area contributed by atoms with Gasteiger partial charge in [-0.25, -0.2) is 13.9 Å². The predicted octanol–water partition coefficient (Wildman–Crippen LogP) is 2.24. The number of aryl methyl sites for hydroxylation is 2. The van der Waals surface area contributed by atoms with Gasteiger partial charge in [-0.2, -0.15) is 0 Å². The minimum absolute atomic E-state index is 0.353. The summed E-state index contributed by atoms with van der Waals surface area (Å²) in [5.41, 5.74) is 2.56. The second-order valence-electron chi connectivity index (χ2n) is 4.77. The average molecular weight is 280 g/mol. The highest BCUT2D eigenvalue weighted by atomic mass is 35.5. The SMILES string of the molecule is CCOC(=O)c1cc2c(cc1Cl)n1c([n+]2C)CCC1. The molecule has 0 fully saturated rings. The molecule has 0 saturated carbocycles. The maximum atomic E-state index is 11.9. The van der Waals surface area contributed by atoms with Gasteiger partial charge in [-0.05, 0) is 13.3 Å². The van der Waals surface area contributed by atoms with Crippen molar-refractivity contribution in [3.05, 3.63) is 28.5 Å². The first-order chi connectivity index (χ1) is 9.13. The topological polar surface area (TPSA) is 35.1 Å². The van der Waals surface area contributed by atoms with E-state index in [1.807, 2.05) is 19.2 Å². The molecular weight excluding hydrogens is 264 g/mol. The molecule has 0 spiro atoms. The zero-order valence-electron chi connectivity index (χ0n) is 11.1. The Hall–Kier alpha value is -1.55. The van der Waals surface area contributed by atoms with Gasteiger partial charge in [-0.3, -0.25) is 0 Å². The summed E-state index contributed by atoms with van der Waals surface area (Å²) in [5, 5.41) is 0.457. The quantitative estimate of drug-likeness (QED) is 0.624. The minimum atomic E-state index is -0.360. The summed E-state index contributed by atoms with van der Waals surface area (Å²) in [5.74, 6) is 0.924. The first kappa shape index (κ1) is 12.5. The molecule has 1 aromatic carbocycles. The highest BCUT2D eigenvalue weighted by Gasteiger charge is 2.28. The molecule has 0 atom stereocenters. The molecule has 0 unspecified atom stereocenters. The fourth-order valence-electron chi connectivity index (χ4n) is 2.81. The second-order valence-corrected chi connectivity index (χ2v) is 5.18. The Morgan fingerprint density at radius 2 is 2.32 bits per heavy atom. The van der Waals surface area contributed by atoms with Crippen molar-refractivity contribution in [1.82, 2.24) is 4.57 Å². The molecule has 1 aliphatic heterocycles. The van der Waals surface area contributed by atoms with E-state index in [1.54, 1.807) is 6.92 Å². The van der Waals surface area contributed by atoms with Gasteiger partial charge in [0.2, 0.25) is 0 Å². The largest absolute Gasteiger partial charge is 0.462 e. The number of esters is 1. The Balaban J connectivity index is 2.21. The third kappa shape index (κ3) is 1.82. The average Bonchev–Trinajstić information content (AvgIpc) is 2.94. The van der Waals surface area contributed by atoms with Crippen LogP contribution in [-0.4, -0.2) is 17.1 Å². The van der Waals surface area contributed by atoms with E-state index in [-0.39, 0.29) is 5.97 Å². The van der Waals surface area contributed by atoms with Gasteiger partial charge >= 0.3 is 5.97 Å². The predicted molar refractivity (Wildman–Crippen MR) is 72.4 cm³/mol. The van der Waals surface area contributed by atoms with Gasteiger partial charge in [0, 0.05) is 12.1 Å². The fraction of sp³-hybridized carbons (Fsp3) is 0.429. The van der Waals surface area contributed by atoms with E-state index in [0.717, 1.165) is 30.4 Å². The van der Waals surface area contributed by atoms with Crippen molar-refractivity contribution in [3.63, 3.8) is 0 Å². The molecule has 0 bridgehead atoms. The molecule has 0 N–H and O–H groups in total. The molecule has 1 aromatic heterocycles. The number of halogens is 1. The molecule has 0 saturated heterocycles. The number of fused-ring (bicyclic) bond motifs is 3. The summed E-state index contributed by atoms with van der Waals surface area (Å²) in [6, 6.07) is 3.71. The molecule has 2 aromatic rings. The fourth-order valence-corrected chi connectivity index (χ4v) is 3.04. The highest BCUT2D eigenvalue weighted by molar-refractivity contribution is 6.34. The van der Waals surface area contributed by atoms with Gasteiger partial charge in [0.15, 0.2) is 11.0 Å². The first-order valence-corrected chi connectivity index (χ1v) is 6.89. The summed E-state index contributed by atoms with van der Waals surface area (Å²) in [6.45, 7) is 3.16. The Labute approximate surface area is 116 Å². The van der Waals surface area contributed by atoms with Crippen LogP contribution in [-0.2, 0) is 24.8 Å². The lowest BCUT2D eigenvalue weighted by Gasteiger charge is -2.03. The number of ether oxygens (including phenoxy) is 1. The number of aromatic nitrogens is 2. The molecule has 2 heterocycles. The standard InChI is InChI=1S/C14H16ClN2O2/c1-3-19-14(18)9-7-11-12(8-10(9)15)17-6-4-5-13(17)16(11)2/h7-8H,3-6H2,1-2H3/q+1.